The highest BCUT2D eigenvalue weighted by Gasteiger charge is 2.23. The summed E-state index contributed by atoms with van der Waals surface area (Å²) >= 11 is 1.71. The van der Waals surface area contributed by atoms with Crippen LogP contribution in [0.4, 0.5) is 0 Å². The number of thiophene rings is 1. The molecule has 1 atom stereocenters. The quantitative estimate of drug-likeness (QED) is 0.873. The predicted molar refractivity (Wildman–Crippen MR) is 81.7 cm³/mol. The van der Waals surface area contributed by atoms with Gasteiger partial charge >= 0.3 is 0 Å². The molecule has 0 saturated heterocycles. The van der Waals surface area contributed by atoms with E-state index in [9.17, 15) is 4.79 Å². The molecule has 0 radical (unpaired) electrons. The van der Waals surface area contributed by atoms with Crippen molar-refractivity contribution in [2.24, 2.45) is 5.92 Å². The summed E-state index contributed by atoms with van der Waals surface area (Å²) in [5, 5.41) is 0.860. The third-order valence-electron chi connectivity index (χ3n) is 4.13. The molecular formula is C15H20N2O2S. The van der Waals surface area contributed by atoms with Crippen molar-refractivity contribution in [1.82, 2.24) is 9.55 Å². The van der Waals surface area contributed by atoms with E-state index in [-0.39, 0.29) is 5.56 Å². The Morgan fingerprint density at radius 2 is 2.30 bits per heavy atom. The number of aryl methyl sites for hydroxylation is 2. The van der Waals surface area contributed by atoms with Gasteiger partial charge in [-0.15, -0.1) is 11.3 Å². The maximum absolute atomic E-state index is 12.7. The molecule has 0 amide bonds. The van der Waals surface area contributed by atoms with Crippen molar-refractivity contribution in [3.05, 3.63) is 26.6 Å². The van der Waals surface area contributed by atoms with Gasteiger partial charge in [0, 0.05) is 12.0 Å². The van der Waals surface area contributed by atoms with E-state index in [1.165, 1.54) is 16.9 Å². The van der Waals surface area contributed by atoms with Crippen molar-refractivity contribution in [2.45, 2.75) is 39.7 Å². The van der Waals surface area contributed by atoms with Crippen LogP contribution in [0.2, 0.25) is 0 Å². The van der Waals surface area contributed by atoms with Crippen LogP contribution < -0.4 is 5.56 Å². The lowest BCUT2D eigenvalue weighted by Gasteiger charge is -2.17. The van der Waals surface area contributed by atoms with E-state index in [0.717, 1.165) is 28.9 Å². The number of hydrogen-bond donors (Lipinski definition) is 0. The van der Waals surface area contributed by atoms with Crippen LogP contribution in [0, 0.1) is 12.8 Å². The minimum absolute atomic E-state index is 0.108. The second-order valence-electron chi connectivity index (χ2n) is 5.64. The molecule has 0 aliphatic heterocycles. The second-order valence-corrected chi connectivity index (χ2v) is 6.72. The Labute approximate surface area is 122 Å². The standard InChI is InChI=1S/C15H20N2O2S/c1-9-4-5-11-12(8-9)20-14-13(11)15(18)17(6-7-19-3)10(2)16-14/h9H,4-8H2,1-3H3. The first-order valence-electron chi connectivity index (χ1n) is 7.12. The minimum atomic E-state index is 0.108. The lowest BCUT2D eigenvalue weighted by molar-refractivity contribution is 0.185. The van der Waals surface area contributed by atoms with Gasteiger partial charge in [-0.05, 0) is 37.7 Å². The molecular weight excluding hydrogens is 272 g/mol. The zero-order valence-electron chi connectivity index (χ0n) is 12.2. The zero-order chi connectivity index (χ0) is 14.3. The van der Waals surface area contributed by atoms with E-state index in [1.807, 2.05) is 6.92 Å². The molecule has 4 nitrogen and oxygen atoms in total. The summed E-state index contributed by atoms with van der Waals surface area (Å²) in [7, 11) is 1.65. The summed E-state index contributed by atoms with van der Waals surface area (Å²) in [6, 6.07) is 0. The molecule has 2 heterocycles. The van der Waals surface area contributed by atoms with Crippen molar-refractivity contribution in [3.63, 3.8) is 0 Å². The maximum atomic E-state index is 12.7. The van der Waals surface area contributed by atoms with Gasteiger partial charge < -0.3 is 4.74 Å². The highest BCUT2D eigenvalue weighted by molar-refractivity contribution is 7.18. The zero-order valence-corrected chi connectivity index (χ0v) is 13.0. The Bertz CT molecular complexity index is 702. The smallest absolute Gasteiger partial charge is 0.262 e. The first-order chi connectivity index (χ1) is 9.61. The number of nitrogens with zero attached hydrogens (tertiary/aromatic N) is 2. The molecule has 0 saturated carbocycles. The van der Waals surface area contributed by atoms with E-state index < -0.39 is 0 Å². The lowest BCUT2D eigenvalue weighted by Crippen LogP contribution is -2.26. The van der Waals surface area contributed by atoms with Crippen molar-refractivity contribution in [1.29, 1.82) is 0 Å². The molecule has 0 bridgehead atoms. The molecule has 2 aromatic rings. The first kappa shape index (κ1) is 13.8. The van der Waals surface area contributed by atoms with Gasteiger partial charge in [-0.1, -0.05) is 6.92 Å². The summed E-state index contributed by atoms with van der Waals surface area (Å²) in [4.78, 5) is 19.7. The van der Waals surface area contributed by atoms with Gasteiger partial charge in [0.25, 0.3) is 5.56 Å². The minimum Gasteiger partial charge on any atom is -0.383 e. The van der Waals surface area contributed by atoms with Crippen LogP contribution >= 0.6 is 11.3 Å². The van der Waals surface area contributed by atoms with Gasteiger partial charge in [0.2, 0.25) is 0 Å². The van der Waals surface area contributed by atoms with Gasteiger partial charge in [0.05, 0.1) is 18.5 Å². The summed E-state index contributed by atoms with van der Waals surface area (Å²) in [6.45, 7) is 5.29. The molecule has 20 heavy (non-hydrogen) atoms. The molecule has 1 aliphatic carbocycles. The number of hydrogen-bond acceptors (Lipinski definition) is 4. The first-order valence-corrected chi connectivity index (χ1v) is 7.94. The summed E-state index contributed by atoms with van der Waals surface area (Å²) in [5.41, 5.74) is 1.36. The summed E-state index contributed by atoms with van der Waals surface area (Å²) in [6.07, 6.45) is 3.28. The molecule has 2 aromatic heterocycles. The average molecular weight is 292 g/mol. The van der Waals surface area contributed by atoms with Gasteiger partial charge in [-0.2, -0.15) is 0 Å². The van der Waals surface area contributed by atoms with Gasteiger partial charge in [-0.25, -0.2) is 4.98 Å². The predicted octanol–water partition coefficient (Wildman–Crippen LogP) is 2.54. The third kappa shape index (κ3) is 2.19. The Balaban J connectivity index is 2.18. The molecule has 1 unspecified atom stereocenters. The molecule has 0 aromatic carbocycles. The maximum Gasteiger partial charge on any atom is 0.262 e. The Kier molecular flexibility index (Phi) is 3.65. The molecule has 0 fully saturated rings. The van der Waals surface area contributed by atoms with Crippen LogP contribution in [0.5, 0.6) is 0 Å². The highest BCUT2D eigenvalue weighted by Crippen LogP contribution is 2.35. The lowest BCUT2D eigenvalue weighted by atomic mass is 9.89. The van der Waals surface area contributed by atoms with Crippen molar-refractivity contribution >= 4 is 21.6 Å². The number of rotatable bonds is 3. The van der Waals surface area contributed by atoms with Crippen molar-refractivity contribution in [2.75, 3.05) is 13.7 Å². The van der Waals surface area contributed by atoms with Crippen LogP contribution in [0.15, 0.2) is 4.79 Å². The largest absolute Gasteiger partial charge is 0.383 e. The van der Waals surface area contributed by atoms with Crippen LogP contribution in [-0.2, 0) is 24.1 Å². The fourth-order valence-electron chi connectivity index (χ4n) is 2.97. The Hall–Kier alpha value is -1.20. The SMILES string of the molecule is COCCn1c(C)nc2sc3c(c2c1=O)CCC(C)C3. The van der Waals surface area contributed by atoms with Crippen LogP contribution in [-0.4, -0.2) is 23.3 Å². The monoisotopic (exact) mass is 292 g/mol. The van der Waals surface area contributed by atoms with Crippen LogP contribution in [0.3, 0.4) is 0 Å². The molecule has 108 valence electrons. The van der Waals surface area contributed by atoms with E-state index in [4.69, 9.17) is 4.74 Å². The second kappa shape index (κ2) is 5.30. The Morgan fingerprint density at radius 1 is 1.50 bits per heavy atom. The van der Waals surface area contributed by atoms with Crippen molar-refractivity contribution in [3.8, 4) is 0 Å². The van der Waals surface area contributed by atoms with E-state index in [2.05, 4.69) is 11.9 Å². The van der Waals surface area contributed by atoms with Gasteiger partial charge in [0.15, 0.2) is 0 Å². The third-order valence-corrected chi connectivity index (χ3v) is 5.27. The highest BCUT2D eigenvalue weighted by atomic mass is 32.1. The average Bonchev–Trinajstić information content (AvgIpc) is 2.75. The fraction of sp³-hybridized carbons (Fsp3) is 0.600. The Morgan fingerprint density at radius 3 is 3.05 bits per heavy atom. The molecule has 0 spiro atoms. The van der Waals surface area contributed by atoms with Crippen LogP contribution in [0.25, 0.3) is 10.2 Å². The number of fused-ring (bicyclic) bond motifs is 3. The number of ether oxygens (including phenoxy) is 1. The van der Waals surface area contributed by atoms with Crippen LogP contribution in [0.1, 0.15) is 29.6 Å². The topological polar surface area (TPSA) is 44.1 Å². The van der Waals surface area contributed by atoms with E-state index in [1.54, 1.807) is 23.0 Å². The number of methoxy groups -OCH3 is 1. The van der Waals surface area contributed by atoms with Crippen molar-refractivity contribution < 1.29 is 4.74 Å². The molecule has 1 aliphatic rings. The molecule has 3 rings (SSSR count). The van der Waals surface area contributed by atoms with Gasteiger partial charge in [0.1, 0.15) is 10.7 Å². The summed E-state index contributed by atoms with van der Waals surface area (Å²) < 4.78 is 6.84. The fourth-order valence-corrected chi connectivity index (χ4v) is 4.39. The molecule has 0 N–H and O–H groups in total. The van der Waals surface area contributed by atoms with E-state index >= 15 is 0 Å². The molecule has 5 heteroatoms. The number of aromatic nitrogens is 2. The van der Waals surface area contributed by atoms with Gasteiger partial charge in [-0.3, -0.25) is 9.36 Å². The van der Waals surface area contributed by atoms with E-state index in [0.29, 0.717) is 19.1 Å². The normalized spacial score (nSPS) is 18.4. The summed E-state index contributed by atoms with van der Waals surface area (Å²) in [5.74, 6) is 1.50.